The van der Waals surface area contributed by atoms with E-state index in [4.69, 9.17) is 32.7 Å². The molecule has 6 heteroatoms. The minimum Gasteiger partial charge on any atom is -0.478 e. The molecule has 0 fully saturated rings. The van der Waals surface area contributed by atoms with Gasteiger partial charge in [-0.25, -0.2) is 4.79 Å². The summed E-state index contributed by atoms with van der Waals surface area (Å²) in [6.45, 7) is 0. The third-order valence-electron chi connectivity index (χ3n) is 3.75. The number of aliphatic carboxylic acids is 1. The van der Waals surface area contributed by atoms with Gasteiger partial charge in [0, 0.05) is 22.0 Å². The van der Waals surface area contributed by atoms with Crippen LogP contribution in [0.25, 0.3) is 0 Å². The molecule has 0 aliphatic rings. The van der Waals surface area contributed by atoms with Gasteiger partial charge >= 0.3 is 5.97 Å². The SMILES string of the molecule is O=C(O)C(Cc1cc(Cl)ccc1Oc1ccccc1)Oc1cccc(Cl)c1. The van der Waals surface area contributed by atoms with Crippen LogP contribution in [0.2, 0.25) is 10.0 Å². The van der Waals surface area contributed by atoms with Gasteiger partial charge in [0.15, 0.2) is 6.10 Å². The van der Waals surface area contributed by atoms with Crippen LogP contribution in [0.4, 0.5) is 0 Å². The largest absolute Gasteiger partial charge is 0.478 e. The number of para-hydroxylation sites is 1. The minimum atomic E-state index is -1.12. The maximum Gasteiger partial charge on any atom is 0.345 e. The first-order chi connectivity index (χ1) is 13.0. The first-order valence-electron chi connectivity index (χ1n) is 8.17. The Hall–Kier alpha value is -2.69. The van der Waals surface area contributed by atoms with Crippen LogP contribution in [-0.2, 0) is 11.2 Å². The van der Waals surface area contributed by atoms with Gasteiger partial charge in [-0.05, 0) is 48.5 Å². The first-order valence-corrected chi connectivity index (χ1v) is 8.93. The number of carbonyl (C=O) groups is 1. The van der Waals surface area contributed by atoms with Crippen LogP contribution >= 0.6 is 23.2 Å². The average Bonchev–Trinajstić information content (AvgIpc) is 2.64. The van der Waals surface area contributed by atoms with E-state index in [-0.39, 0.29) is 6.42 Å². The van der Waals surface area contributed by atoms with E-state index in [0.717, 1.165) is 0 Å². The summed E-state index contributed by atoms with van der Waals surface area (Å²) < 4.78 is 11.5. The van der Waals surface area contributed by atoms with Crippen LogP contribution in [-0.4, -0.2) is 17.2 Å². The fourth-order valence-corrected chi connectivity index (χ4v) is 2.88. The fraction of sp³-hybridized carbons (Fsp3) is 0.0952. The van der Waals surface area contributed by atoms with Gasteiger partial charge in [0.1, 0.15) is 17.2 Å². The topological polar surface area (TPSA) is 55.8 Å². The van der Waals surface area contributed by atoms with E-state index in [1.807, 2.05) is 30.3 Å². The molecule has 0 heterocycles. The van der Waals surface area contributed by atoms with Gasteiger partial charge in [-0.3, -0.25) is 0 Å². The molecule has 1 N–H and O–H groups in total. The summed E-state index contributed by atoms with van der Waals surface area (Å²) in [5, 5.41) is 10.5. The third-order valence-corrected chi connectivity index (χ3v) is 4.22. The lowest BCUT2D eigenvalue weighted by molar-refractivity contribution is -0.145. The minimum absolute atomic E-state index is 0.0740. The maximum atomic E-state index is 11.7. The van der Waals surface area contributed by atoms with E-state index in [0.29, 0.717) is 32.9 Å². The van der Waals surface area contributed by atoms with E-state index in [9.17, 15) is 9.90 Å². The Kier molecular flexibility index (Phi) is 6.22. The Bertz CT molecular complexity index is 928. The standard InChI is InChI=1S/C21H16Cl2O4/c22-15-5-4-8-18(13-15)27-20(21(24)25)12-14-11-16(23)9-10-19(14)26-17-6-2-1-3-7-17/h1-11,13,20H,12H2,(H,24,25). The number of benzene rings is 3. The highest BCUT2D eigenvalue weighted by Crippen LogP contribution is 2.30. The van der Waals surface area contributed by atoms with E-state index >= 15 is 0 Å². The number of rotatable bonds is 7. The second-order valence-corrected chi connectivity index (χ2v) is 6.65. The summed E-state index contributed by atoms with van der Waals surface area (Å²) in [5.74, 6) is 0.443. The van der Waals surface area contributed by atoms with Crippen LogP contribution < -0.4 is 9.47 Å². The van der Waals surface area contributed by atoms with Crippen molar-refractivity contribution in [1.82, 2.24) is 0 Å². The van der Waals surface area contributed by atoms with Gasteiger partial charge in [-0.15, -0.1) is 0 Å². The Morgan fingerprint density at radius 2 is 1.59 bits per heavy atom. The molecule has 0 spiro atoms. The fourth-order valence-electron chi connectivity index (χ4n) is 2.51. The van der Waals surface area contributed by atoms with Crippen molar-refractivity contribution in [3.63, 3.8) is 0 Å². The molecule has 4 nitrogen and oxygen atoms in total. The van der Waals surface area contributed by atoms with Crippen molar-refractivity contribution in [2.24, 2.45) is 0 Å². The van der Waals surface area contributed by atoms with E-state index < -0.39 is 12.1 Å². The third kappa shape index (κ3) is 5.39. The van der Waals surface area contributed by atoms with Crippen LogP contribution in [0.15, 0.2) is 72.8 Å². The Morgan fingerprint density at radius 3 is 2.30 bits per heavy atom. The predicted molar refractivity (Wildman–Crippen MR) is 105 cm³/mol. The number of carboxylic acids is 1. The van der Waals surface area contributed by atoms with Crippen molar-refractivity contribution in [3.8, 4) is 17.2 Å². The zero-order chi connectivity index (χ0) is 19.2. The zero-order valence-corrected chi connectivity index (χ0v) is 15.7. The van der Waals surface area contributed by atoms with Crippen molar-refractivity contribution in [1.29, 1.82) is 0 Å². The van der Waals surface area contributed by atoms with E-state index in [1.165, 1.54) is 0 Å². The van der Waals surface area contributed by atoms with Gasteiger partial charge in [0.2, 0.25) is 0 Å². The number of carboxylic acid groups (broad SMARTS) is 1. The Labute approximate surface area is 166 Å². The molecule has 0 aromatic heterocycles. The lowest BCUT2D eigenvalue weighted by Crippen LogP contribution is -2.29. The molecule has 138 valence electrons. The molecule has 0 bridgehead atoms. The highest BCUT2D eigenvalue weighted by Gasteiger charge is 2.22. The molecule has 0 amide bonds. The summed E-state index contributed by atoms with van der Waals surface area (Å²) in [4.78, 5) is 11.7. The maximum absolute atomic E-state index is 11.7. The van der Waals surface area contributed by atoms with Gasteiger partial charge in [0.05, 0.1) is 0 Å². The summed E-state index contributed by atoms with van der Waals surface area (Å²) in [6, 6.07) is 20.9. The van der Waals surface area contributed by atoms with Gasteiger partial charge < -0.3 is 14.6 Å². The quantitative estimate of drug-likeness (QED) is 0.537. The highest BCUT2D eigenvalue weighted by atomic mass is 35.5. The first kappa shape index (κ1) is 19.1. The molecule has 3 rings (SSSR count). The van der Waals surface area contributed by atoms with Gasteiger partial charge in [-0.2, -0.15) is 0 Å². The molecular formula is C21H16Cl2O4. The van der Waals surface area contributed by atoms with Crippen LogP contribution in [0.3, 0.4) is 0 Å². The number of hydrogen-bond donors (Lipinski definition) is 1. The number of halogens is 2. The van der Waals surface area contributed by atoms with E-state index in [2.05, 4.69) is 0 Å². The molecule has 3 aromatic rings. The van der Waals surface area contributed by atoms with E-state index in [1.54, 1.807) is 42.5 Å². The molecule has 1 unspecified atom stereocenters. The average molecular weight is 403 g/mol. The van der Waals surface area contributed by atoms with Crippen molar-refractivity contribution in [2.75, 3.05) is 0 Å². The summed E-state index contributed by atoms with van der Waals surface area (Å²) in [5.41, 5.74) is 0.626. The smallest absolute Gasteiger partial charge is 0.345 e. The monoisotopic (exact) mass is 402 g/mol. The Morgan fingerprint density at radius 1 is 0.889 bits per heavy atom. The highest BCUT2D eigenvalue weighted by molar-refractivity contribution is 6.31. The van der Waals surface area contributed by atoms with Crippen LogP contribution in [0.5, 0.6) is 17.2 Å². The Balaban J connectivity index is 1.85. The van der Waals surface area contributed by atoms with Gasteiger partial charge in [-0.1, -0.05) is 47.5 Å². The van der Waals surface area contributed by atoms with Crippen molar-refractivity contribution >= 4 is 29.2 Å². The zero-order valence-electron chi connectivity index (χ0n) is 14.1. The summed E-state index contributed by atoms with van der Waals surface area (Å²) >= 11 is 12.0. The van der Waals surface area contributed by atoms with Crippen molar-refractivity contribution in [3.05, 3.63) is 88.4 Å². The molecule has 3 aromatic carbocycles. The molecular weight excluding hydrogens is 387 g/mol. The lowest BCUT2D eigenvalue weighted by Gasteiger charge is -2.18. The van der Waals surface area contributed by atoms with Gasteiger partial charge in [0.25, 0.3) is 0 Å². The molecule has 0 aliphatic carbocycles. The lowest BCUT2D eigenvalue weighted by atomic mass is 10.1. The molecule has 0 saturated carbocycles. The normalized spacial score (nSPS) is 11.6. The van der Waals surface area contributed by atoms with Crippen LogP contribution in [0, 0.1) is 0 Å². The van der Waals surface area contributed by atoms with Crippen molar-refractivity contribution in [2.45, 2.75) is 12.5 Å². The molecule has 0 radical (unpaired) electrons. The number of ether oxygens (including phenoxy) is 2. The second-order valence-electron chi connectivity index (χ2n) is 5.77. The van der Waals surface area contributed by atoms with Crippen molar-refractivity contribution < 1.29 is 19.4 Å². The number of hydrogen-bond acceptors (Lipinski definition) is 3. The molecule has 0 saturated heterocycles. The second kappa shape index (κ2) is 8.80. The summed E-state index contributed by atoms with van der Waals surface area (Å²) in [7, 11) is 0. The van der Waals surface area contributed by atoms with Crippen LogP contribution in [0.1, 0.15) is 5.56 Å². The molecule has 27 heavy (non-hydrogen) atoms. The molecule has 0 aliphatic heterocycles. The summed E-state index contributed by atoms with van der Waals surface area (Å²) in [6.07, 6.45) is -1.05. The molecule has 1 atom stereocenters. The predicted octanol–water partition coefficient (Wildman–Crippen LogP) is 5.86.